The fourth-order valence-corrected chi connectivity index (χ4v) is 5.16. The van der Waals surface area contributed by atoms with Crippen LogP contribution in [0.1, 0.15) is 37.3 Å². The molecule has 0 bridgehead atoms. The van der Waals surface area contributed by atoms with E-state index in [-0.39, 0.29) is 12.2 Å². The molecule has 9 heteroatoms. The molecule has 0 fully saturated rings. The zero-order valence-corrected chi connectivity index (χ0v) is 17.9. The molecule has 1 atom stereocenters. The maximum Gasteiger partial charge on any atom is 0.338 e. The number of rotatable bonds is 5. The average molecular weight is 429 g/mol. The lowest BCUT2D eigenvalue weighted by Crippen LogP contribution is -2.39. The monoisotopic (exact) mass is 428 g/mol. The highest BCUT2D eigenvalue weighted by atomic mass is 32.1. The summed E-state index contributed by atoms with van der Waals surface area (Å²) in [4.78, 5) is 32.1. The van der Waals surface area contributed by atoms with Crippen molar-refractivity contribution in [2.24, 2.45) is 4.99 Å². The van der Waals surface area contributed by atoms with Gasteiger partial charge < -0.3 is 4.74 Å². The van der Waals surface area contributed by atoms with E-state index in [2.05, 4.69) is 10.1 Å². The Morgan fingerprint density at radius 2 is 2.21 bits per heavy atom. The van der Waals surface area contributed by atoms with E-state index in [9.17, 15) is 9.59 Å². The minimum Gasteiger partial charge on any atom is -0.463 e. The van der Waals surface area contributed by atoms with Gasteiger partial charge in [0.2, 0.25) is 0 Å². The van der Waals surface area contributed by atoms with Crippen LogP contribution in [0.15, 0.2) is 51.0 Å². The number of aryl methyl sites for hydroxylation is 1. The fourth-order valence-electron chi connectivity index (χ4n) is 3.29. The molecular formula is C20H20N4O3S2. The van der Waals surface area contributed by atoms with Crippen molar-refractivity contribution in [1.29, 1.82) is 0 Å². The SMILES string of the molecule is CCOC(=O)C1=C(C)N=c2s/c(=C/c3cnn(CC)c3)c(=O)n2[C@H]1c1cccs1. The topological polar surface area (TPSA) is 78.5 Å². The van der Waals surface area contributed by atoms with Crippen molar-refractivity contribution in [3.8, 4) is 0 Å². The van der Waals surface area contributed by atoms with Crippen molar-refractivity contribution in [2.75, 3.05) is 6.61 Å². The molecule has 1 aliphatic rings. The molecule has 0 radical (unpaired) electrons. The van der Waals surface area contributed by atoms with Crippen molar-refractivity contribution in [3.05, 3.63) is 71.3 Å². The number of carbonyl (C=O) groups excluding carboxylic acids is 1. The third-order valence-corrected chi connectivity index (χ3v) is 6.51. The molecule has 0 spiro atoms. The lowest BCUT2D eigenvalue weighted by Gasteiger charge is -2.23. The van der Waals surface area contributed by atoms with Crippen molar-refractivity contribution in [3.63, 3.8) is 0 Å². The summed E-state index contributed by atoms with van der Waals surface area (Å²) in [5.41, 5.74) is 1.66. The second-order valence-electron chi connectivity index (χ2n) is 6.45. The smallest absolute Gasteiger partial charge is 0.338 e. The predicted octanol–water partition coefficient (Wildman–Crippen LogP) is 2.08. The number of fused-ring (bicyclic) bond motifs is 1. The zero-order valence-electron chi connectivity index (χ0n) is 16.3. The van der Waals surface area contributed by atoms with Gasteiger partial charge in [0, 0.05) is 23.2 Å². The third kappa shape index (κ3) is 3.51. The van der Waals surface area contributed by atoms with Crippen LogP contribution < -0.4 is 14.9 Å². The Balaban J connectivity index is 1.92. The van der Waals surface area contributed by atoms with Gasteiger partial charge in [0.05, 0.1) is 28.6 Å². The van der Waals surface area contributed by atoms with Crippen molar-refractivity contribution < 1.29 is 9.53 Å². The van der Waals surface area contributed by atoms with Gasteiger partial charge in [-0.05, 0) is 38.3 Å². The summed E-state index contributed by atoms with van der Waals surface area (Å²) in [6, 6.07) is 3.30. The van der Waals surface area contributed by atoms with E-state index in [1.807, 2.05) is 36.7 Å². The number of carbonyl (C=O) groups is 1. The quantitative estimate of drug-likeness (QED) is 0.583. The van der Waals surface area contributed by atoms with Gasteiger partial charge in [-0.2, -0.15) is 5.10 Å². The van der Waals surface area contributed by atoms with Crippen LogP contribution in [0.3, 0.4) is 0 Å². The molecule has 29 heavy (non-hydrogen) atoms. The first-order valence-corrected chi connectivity index (χ1v) is 11.0. The van der Waals surface area contributed by atoms with E-state index < -0.39 is 12.0 Å². The van der Waals surface area contributed by atoms with Crippen LogP contribution in [0.5, 0.6) is 0 Å². The van der Waals surface area contributed by atoms with E-state index >= 15 is 0 Å². The van der Waals surface area contributed by atoms with E-state index in [0.29, 0.717) is 20.6 Å². The molecular weight excluding hydrogens is 408 g/mol. The number of allylic oxidation sites excluding steroid dienone is 1. The minimum atomic E-state index is -0.536. The van der Waals surface area contributed by atoms with Gasteiger partial charge in [0.1, 0.15) is 6.04 Å². The lowest BCUT2D eigenvalue weighted by molar-refractivity contribution is -0.139. The Morgan fingerprint density at radius 1 is 1.38 bits per heavy atom. The Bertz CT molecular complexity index is 1260. The Morgan fingerprint density at radius 3 is 2.86 bits per heavy atom. The van der Waals surface area contributed by atoms with E-state index in [0.717, 1.165) is 17.0 Å². The normalized spacial score (nSPS) is 16.7. The molecule has 4 rings (SSSR count). The van der Waals surface area contributed by atoms with Crippen molar-refractivity contribution >= 4 is 34.7 Å². The van der Waals surface area contributed by atoms with Crippen LogP contribution in [0.2, 0.25) is 0 Å². The molecule has 0 N–H and O–H groups in total. The molecule has 3 aromatic rings. The van der Waals surface area contributed by atoms with Crippen LogP contribution in [0, 0.1) is 0 Å². The van der Waals surface area contributed by atoms with Gasteiger partial charge in [-0.15, -0.1) is 11.3 Å². The maximum absolute atomic E-state index is 13.3. The number of hydrogen-bond acceptors (Lipinski definition) is 7. The van der Waals surface area contributed by atoms with Gasteiger partial charge in [0.15, 0.2) is 4.80 Å². The van der Waals surface area contributed by atoms with E-state index in [4.69, 9.17) is 4.74 Å². The number of esters is 1. The number of thiophene rings is 1. The molecule has 0 saturated carbocycles. The van der Waals surface area contributed by atoms with Gasteiger partial charge in [0.25, 0.3) is 5.56 Å². The molecule has 0 amide bonds. The molecule has 0 saturated heterocycles. The van der Waals surface area contributed by atoms with Crippen LogP contribution in [0.4, 0.5) is 0 Å². The minimum absolute atomic E-state index is 0.175. The highest BCUT2D eigenvalue weighted by Crippen LogP contribution is 2.33. The average Bonchev–Trinajstić information content (AvgIpc) is 3.43. The highest BCUT2D eigenvalue weighted by molar-refractivity contribution is 7.10. The summed E-state index contributed by atoms with van der Waals surface area (Å²) in [5, 5.41) is 6.19. The Hall–Kier alpha value is -2.78. The standard InChI is InChI=1S/C20H20N4O3S2/c1-4-23-11-13(10-21-23)9-15-18(25)24-17(14-7-6-8-28-14)16(19(26)27-5-2)12(3)22-20(24)29-15/h6-11,17H,4-5H2,1-3H3/b15-9+/t17-/m0/s1. The second-order valence-corrected chi connectivity index (χ2v) is 8.44. The highest BCUT2D eigenvalue weighted by Gasteiger charge is 2.33. The summed E-state index contributed by atoms with van der Waals surface area (Å²) in [6.45, 7) is 6.58. The van der Waals surface area contributed by atoms with Crippen LogP contribution in [0.25, 0.3) is 6.08 Å². The van der Waals surface area contributed by atoms with Crippen LogP contribution in [-0.2, 0) is 16.1 Å². The molecule has 3 aromatic heterocycles. The van der Waals surface area contributed by atoms with Crippen LogP contribution >= 0.6 is 22.7 Å². The molecule has 0 aliphatic carbocycles. The van der Waals surface area contributed by atoms with E-state index in [1.165, 1.54) is 22.7 Å². The maximum atomic E-state index is 13.3. The van der Waals surface area contributed by atoms with Crippen molar-refractivity contribution in [1.82, 2.24) is 14.3 Å². The number of nitrogens with zero attached hydrogens (tertiary/aromatic N) is 4. The summed E-state index contributed by atoms with van der Waals surface area (Å²) < 4.78 is 9.23. The van der Waals surface area contributed by atoms with E-state index in [1.54, 1.807) is 29.3 Å². The van der Waals surface area contributed by atoms with Gasteiger partial charge in [-0.25, -0.2) is 9.79 Å². The summed E-state index contributed by atoms with van der Waals surface area (Å²) in [5.74, 6) is -0.439. The van der Waals surface area contributed by atoms with Gasteiger partial charge in [-0.1, -0.05) is 17.4 Å². The molecule has 150 valence electrons. The number of aromatic nitrogens is 3. The zero-order chi connectivity index (χ0) is 20.5. The fraction of sp³-hybridized carbons (Fsp3) is 0.300. The largest absolute Gasteiger partial charge is 0.463 e. The first-order valence-electron chi connectivity index (χ1n) is 9.29. The number of thiazole rings is 1. The molecule has 7 nitrogen and oxygen atoms in total. The molecule has 0 aromatic carbocycles. The summed E-state index contributed by atoms with van der Waals surface area (Å²) >= 11 is 2.82. The molecule has 4 heterocycles. The van der Waals surface area contributed by atoms with Gasteiger partial charge >= 0.3 is 5.97 Å². The lowest BCUT2D eigenvalue weighted by atomic mass is 10.0. The Labute approximate surface area is 174 Å². The Kier molecular flexibility index (Phi) is 5.33. The predicted molar refractivity (Wildman–Crippen MR) is 113 cm³/mol. The summed E-state index contributed by atoms with van der Waals surface area (Å²) in [7, 11) is 0. The van der Waals surface area contributed by atoms with Crippen LogP contribution in [-0.4, -0.2) is 26.9 Å². The second kappa shape index (κ2) is 7.92. The number of ether oxygens (including phenoxy) is 1. The first-order chi connectivity index (χ1) is 14.0. The molecule has 1 aliphatic heterocycles. The third-order valence-electron chi connectivity index (χ3n) is 4.60. The molecule has 0 unspecified atom stereocenters. The first kappa shape index (κ1) is 19.5. The number of hydrogen-bond donors (Lipinski definition) is 0. The van der Waals surface area contributed by atoms with Crippen molar-refractivity contribution in [2.45, 2.75) is 33.4 Å². The van der Waals surface area contributed by atoms with Gasteiger partial charge in [-0.3, -0.25) is 14.0 Å². The summed E-state index contributed by atoms with van der Waals surface area (Å²) in [6.07, 6.45) is 5.44.